The Labute approximate surface area is 295 Å². The summed E-state index contributed by atoms with van der Waals surface area (Å²) in [5.41, 5.74) is 11.2. The summed E-state index contributed by atoms with van der Waals surface area (Å²) in [5.74, 6) is 1.07. The van der Waals surface area contributed by atoms with Gasteiger partial charge < -0.3 is 15.8 Å². The number of amides is 2. The van der Waals surface area contributed by atoms with E-state index in [9.17, 15) is 13.2 Å². The molecule has 0 aliphatic heterocycles. The second-order valence-corrected chi connectivity index (χ2v) is 16.0. The molecule has 4 N–H and O–H groups in total. The smallest absolute Gasteiger partial charge is 0.319 e. The van der Waals surface area contributed by atoms with Crippen molar-refractivity contribution in [3.63, 3.8) is 0 Å². The molecule has 0 aromatic heterocycles. The second-order valence-electron chi connectivity index (χ2n) is 14.4. The zero-order valence-electron chi connectivity index (χ0n) is 30.6. The van der Waals surface area contributed by atoms with Crippen LogP contribution in [0.15, 0.2) is 59.5 Å². The lowest BCUT2D eigenvalue weighted by molar-refractivity contribution is 0.249. The van der Waals surface area contributed by atoms with Crippen LogP contribution < -0.4 is 25.4 Å². The summed E-state index contributed by atoms with van der Waals surface area (Å²) in [6.45, 7) is 15.3. The molecule has 0 unspecified atom stereocenters. The van der Waals surface area contributed by atoms with Crippen LogP contribution in [0, 0.1) is 0 Å². The van der Waals surface area contributed by atoms with Crippen molar-refractivity contribution in [1.29, 1.82) is 0 Å². The van der Waals surface area contributed by atoms with Crippen LogP contribution >= 0.6 is 0 Å². The van der Waals surface area contributed by atoms with Crippen LogP contribution in [0.25, 0.3) is 0 Å². The van der Waals surface area contributed by atoms with Crippen LogP contribution in [-0.2, 0) is 10.0 Å². The van der Waals surface area contributed by atoms with E-state index in [0.29, 0.717) is 28.6 Å². The minimum absolute atomic E-state index is 0.000544. The summed E-state index contributed by atoms with van der Waals surface area (Å²) < 4.78 is 37.5. The second kappa shape index (κ2) is 17.3. The minimum Gasteiger partial charge on any atom is -0.494 e. The van der Waals surface area contributed by atoms with Crippen molar-refractivity contribution in [1.82, 2.24) is 0 Å². The number of sulfonamides is 1. The van der Waals surface area contributed by atoms with Gasteiger partial charge in [0, 0.05) is 11.7 Å². The molecule has 1 aliphatic carbocycles. The first-order valence-corrected chi connectivity index (χ1v) is 19.7. The maximum Gasteiger partial charge on any atom is 0.319 e. The van der Waals surface area contributed by atoms with E-state index in [0.717, 1.165) is 73.1 Å². The van der Waals surface area contributed by atoms with Crippen LogP contribution in [-0.4, -0.2) is 27.1 Å². The molecule has 1 fully saturated rings. The van der Waals surface area contributed by atoms with Crippen LogP contribution in [0.2, 0.25) is 0 Å². The Kier molecular flexibility index (Phi) is 13.4. The number of ether oxygens (including phenoxy) is 1. The topological polar surface area (TPSA) is 114 Å². The zero-order valence-corrected chi connectivity index (χ0v) is 31.5. The lowest BCUT2D eigenvalue weighted by atomic mass is 9.89. The van der Waals surface area contributed by atoms with Crippen molar-refractivity contribution in [2.24, 2.45) is 5.73 Å². The largest absolute Gasteiger partial charge is 0.494 e. The van der Waals surface area contributed by atoms with E-state index in [4.69, 9.17) is 10.5 Å². The SMILES string of the molecule is CCCCCCOc1ccc(Nc2ccc(NS(=O)(=O)c3c(C(C)C)cc(C(C)C)cc3C(C)C)cc2N(C(N)=O)C2CCCCC2)cc1. The molecule has 0 radical (unpaired) electrons. The van der Waals surface area contributed by atoms with Gasteiger partial charge in [0.15, 0.2) is 0 Å². The average molecular weight is 691 g/mol. The third kappa shape index (κ3) is 9.93. The predicted octanol–water partition coefficient (Wildman–Crippen LogP) is 10.8. The van der Waals surface area contributed by atoms with Gasteiger partial charge in [0.05, 0.1) is 28.6 Å². The Bertz CT molecular complexity index is 1620. The first kappa shape index (κ1) is 38.1. The predicted molar refractivity (Wildman–Crippen MR) is 204 cm³/mol. The van der Waals surface area contributed by atoms with Gasteiger partial charge >= 0.3 is 6.03 Å². The highest BCUT2D eigenvalue weighted by Crippen LogP contribution is 2.39. The quantitative estimate of drug-likeness (QED) is 0.129. The molecule has 0 spiro atoms. The van der Waals surface area contributed by atoms with E-state index in [-0.39, 0.29) is 23.8 Å². The molecule has 0 saturated heterocycles. The molecule has 3 aromatic carbocycles. The van der Waals surface area contributed by atoms with Gasteiger partial charge in [-0.2, -0.15) is 0 Å². The molecule has 0 heterocycles. The fraction of sp³-hybridized carbons (Fsp3) is 0.525. The Hall–Kier alpha value is -3.72. The molecular formula is C40H58N4O4S. The third-order valence-corrected chi connectivity index (χ3v) is 10.9. The Morgan fingerprint density at radius 3 is 2.00 bits per heavy atom. The number of rotatable bonds is 16. The van der Waals surface area contributed by atoms with E-state index in [1.807, 2.05) is 70.2 Å². The highest BCUT2D eigenvalue weighted by Gasteiger charge is 2.30. The number of carbonyl (C=O) groups excluding carboxylic acids is 1. The number of carbonyl (C=O) groups is 1. The highest BCUT2D eigenvalue weighted by atomic mass is 32.2. The van der Waals surface area contributed by atoms with Gasteiger partial charge in [-0.25, -0.2) is 13.2 Å². The molecule has 8 nitrogen and oxygen atoms in total. The third-order valence-electron chi connectivity index (χ3n) is 9.43. The van der Waals surface area contributed by atoms with Crippen molar-refractivity contribution >= 4 is 38.8 Å². The summed E-state index contributed by atoms with van der Waals surface area (Å²) >= 11 is 0. The van der Waals surface area contributed by atoms with Gasteiger partial charge in [-0.1, -0.05) is 99.1 Å². The normalized spacial score (nSPS) is 14.0. The number of nitrogens with zero attached hydrogens (tertiary/aromatic N) is 1. The monoisotopic (exact) mass is 690 g/mol. The van der Waals surface area contributed by atoms with E-state index in [1.165, 1.54) is 12.8 Å². The fourth-order valence-corrected chi connectivity index (χ4v) is 8.40. The fourth-order valence-electron chi connectivity index (χ4n) is 6.65. The summed E-state index contributed by atoms with van der Waals surface area (Å²) in [6.07, 6.45) is 9.38. The Morgan fingerprint density at radius 2 is 1.45 bits per heavy atom. The number of unbranched alkanes of at least 4 members (excludes halogenated alkanes) is 3. The van der Waals surface area contributed by atoms with E-state index < -0.39 is 16.1 Å². The maximum atomic E-state index is 14.3. The molecular weight excluding hydrogens is 633 g/mol. The Morgan fingerprint density at radius 1 is 0.837 bits per heavy atom. The number of nitrogens with two attached hydrogens (primary N) is 1. The number of benzene rings is 3. The van der Waals surface area contributed by atoms with Crippen molar-refractivity contribution < 1.29 is 17.9 Å². The van der Waals surface area contributed by atoms with Crippen molar-refractivity contribution in [2.75, 3.05) is 21.5 Å². The number of urea groups is 1. The van der Waals surface area contributed by atoms with Gasteiger partial charge in [0.25, 0.3) is 10.0 Å². The summed E-state index contributed by atoms with van der Waals surface area (Å²) in [7, 11) is -4.00. The van der Waals surface area contributed by atoms with Crippen molar-refractivity contribution in [3.8, 4) is 5.75 Å². The molecule has 2 amide bonds. The molecule has 0 atom stereocenters. The molecule has 0 bridgehead atoms. The highest BCUT2D eigenvalue weighted by molar-refractivity contribution is 7.92. The number of primary amides is 1. The number of hydrogen-bond acceptors (Lipinski definition) is 5. The number of anilines is 4. The minimum atomic E-state index is -4.00. The molecule has 1 saturated carbocycles. The number of hydrogen-bond donors (Lipinski definition) is 3. The first-order valence-electron chi connectivity index (χ1n) is 18.3. The lowest BCUT2D eigenvalue weighted by Crippen LogP contribution is -2.45. The van der Waals surface area contributed by atoms with Crippen LogP contribution in [0.4, 0.5) is 27.5 Å². The zero-order chi connectivity index (χ0) is 35.7. The lowest BCUT2D eigenvalue weighted by Gasteiger charge is -2.34. The van der Waals surface area contributed by atoms with Crippen LogP contribution in [0.1, 0.15) is 141 Å². The average Bonchev–Trinajstić information content (AvgIpc) is 3.06. The van der Waals surface area contributed by atoms with Gasteiger partial charge in [0.2, 0.25) is 0 Å². The molecule has 268 valence electrons. The van der Waals surface area contributed by atoms with Gasteiger partial charge in [-0.3, -0.25) is 9.62 Å². The molecule has 9 heteroatoms. The molecule has 49 heavy (non-hydrogen) atoms. The number of nitrogens with one attached hydrogen (secondary N) is 2. The standard InChI is InChI=1S/C40H58N4O4S/c1-8-9-10-14-23-48-34-20-17-31(18-21-34)42-37-22-19-32(26-38(37)44(40(41)45)33-15-12-11-13-16-33)43-49(46,47)39-35(28(4)5)24-30(27(2)3)25-36(39)29(6)7/h17-22,24-29,33,42-43H,8-16,23H2,1-7H3,(H2,41,45). The molecule has 4 rings (SSSR count). The van der Waals surface area contributed by atoms with E-state index in [2.05, 4.69) is 30.8 Å². The van der Waals surface area contributed by atoms with Crippen molar-refractivity contribution in [3.05, 3.63) is 71.3 Å². The Balaban J connectivity index is 1.72. The summed E-state index contributed by atoms with van der Waals surface area (Å²) in [4.78, 5) is 15.1. The van der Waals surface area contributed by atoms with E-state index >= 15 is 0 Å². The van der Waals surface area contributed by atoms with Gasteiger partial charge in [-0.15, -0.1) is 0 Å². The maximum absolute atomic E-state index is 14.3. The van der Waals surface area contributed by atoms with Crippen LogP contribution in [0.3, 0.4) is 0 Å². The van der Waals surface area contributed by atoms with Gasteiger partial charge in [0.1, 0.15) is 5.75 Å². The van der Waals surface area contributed by atoms with E-state index in [1.54, 1.807) is 17.0 Å². The molecule has 1 aliphatic rings. The van der Waals surface area contributed by atoms with Crippen molar-refractivity contribution in [2.45, 2.75) is 135 Å². The van der Waals surface area contributed by atoms with Crippen LogP contribution in [0.5, 0.6) is 5.75 Å². The summed E-state index contributed by atoms with van der Waals surface area (Å²) in [5, 5.41) is 3.46. The molecule has 3 aromatic rings. The first-order chi connectivity index (χ1) is 23.3. The van der Waals surface area contributed by atoms with Gasteiger partial charge in [-0.05, 0) is 96.2 Å². The summed E-state index contributed by atoms with van der Waals surface area (Å²) in [6, 6.07) is 16.5.